The minimum absolute atomic E-state index is 0.0332. The van der Waals surface area contributed by atoms with Gasteiger partial charge in [-0.05, 0) is 31.0 Å². The molecular weight excluding hydrogens is 318 g/mol. The van der Waals surface area contributed by atoms with E-state index < -0.39 is 14.9 Å². The summed E-state index contributed by atoms with van der Waals surface area (Å²) in [5.74, 6) is 0. The Balaban J connectivity index is 1.96. The van der Waals surface area contributed by atoms with Crippen LogP contribution in [0.25, 0.3) is 0 Å². The molecule has 1 aromatic heterocycles. The van der Waals surface area contributed by atoms with E-state index in [0.717, 1.165) is 24.6 Å². The number of aryl methyl sites for hydroxylation is 1. The maximum atomic E-state index is 12.9. The van der Waals surface area contributed by atoms with Crippen molar-refractivity contribution in [3.63, 3.8) is 0 Å². The van der Waals surface area contributed by atoms with Gasteiger partial charge in [0.15, 0.2) is 0 Å². The van der Waals surface area contributed by atoms with Crippen LogP contribution in [0.2, 0.25) is 0 Å². The lowest BCUT2D eigenvalue weighted by atomic mass is 10.3. The van der Waals surface area contributed by atoms with Gasteiger partial charge in [0.2, 0.25) is 10.0 Å². The fraction of sp³-hybridized carbons (Fsp3) is 0.333. The molecule has 0 spiro atoms. The molecule has 122 valence electrons. The zero-order valence-electron chi connectivity index (χ0n) is 12.6. The normalized spacial score (nSPS) is 15.0. The van der Waals surface area contributed by atoms with Gasteiger partial charge in [0.05, 0.1) is 16.4 Å². The monoisotopic (exact) mass is 335 g/mol. The van der Waals surface area contributed by atoms with E-state index in [4.69, 9.17) is 0 Å². The van der Waals surface area contributed by atoms with Crippen LogP contribution in [0, 0.1) is 10.1 Å². The van der Waals surface area contributed by atoms with E-state index in [-0.39, 0.29) is 23.2 Å². The number of sulfonamides is 1. The van der Waals surface area contributed by atoms with Crippen molar-refractivity contribution in [2.45, 2.75) is 30.3 Å². The van der Waals surface area contributed by atoms with Gasteiger partial charge in [0.1, 0.15) is 0 Å². The molecule has 1 fully saturated rings. The molecule has 2 aromatic rings. The molecule has 0 atom stereocenters. The van der Waals surface area contributed by atoms with E-state index in [1.807, 2.05) is 29.9 Å². The summed E-state index contributed by atoms with van der Waals surface area (Å²) in [5.41, 5.74) is 0.659. The first-order valence-electron chi connectivity index (χ1n) is 7.26. The van der Waals surface area contributed by atoms with Gasteiger partial charge < -0.3 is 4.57 Å². The number of nitrogens with zero attached hydrogens (tertiary/aromatic N) is 3. The number of non-ortho nitro benzene ring substituents is 1. The molecule has 0 bridgehead atoms. The largest absolute Gasteiger partial charge is 0.353 e. The summed E-state index contributed by atoms with van der Waals surface area (Å²) >= 11 is 0. The van der Waals surface area contributed by atoms with E-state index >= 15 is 0 Å². The van der Waals surface area contributed by atoms with E-state index in [2.05, 4.69) is 0 Å². The SMILES string of the molecule is Cn1cccc1CN(C1CC1)S(=O)(=O)c1cccc([N+](=O)[O-])c1. The van der Waals surface area contributed by atoms with E-state index in [0.29, 0.717) is 0 Å². The van der Waals surface area contributed by atoms with Crippen LogP contribution in [0.5, 0.6) is 0 Å². The number of nitro groups is 1. The lowest BCUT2D eigenvalue weighted by Gasteiger charge is -2.22. The first-order chi connectivity index (χ1) is 10.9. The molecule has 7 nitrogen and oxygen atoms in total. The molecule has 1 heterocycles. The van der Waals surface area contributed by atoms with Gasteiger partial charge in [-0.15, -0.1) is 0 Å². The Morgan fingerprint density at radius 2 is 2.04 bits per heavy atom. The van der Waals surface area contributed by atoms with Crippen LogP contribution in [0.4, 0.5) is 5.69 Å². The predicted octanol–water partition coefficient (Wildman–Crippen LogP) is 2.29. The molecule has 1 saturated carbocycles. The van der Waals surface area contributed by atoms with Crippen molar-refractivity contribution in [1.82, 2.24) is 8.87 Å². The summed E-state index contributed by atoms with van der Waals surface area (Å²) in [4.78, 5) is 10.3. The van der Waals surface area contributed by atoms with Crippen molar-refractivity contribution < 1.29 is 13.3 Å². The molecule has 3 rings (SSSR count). The average Bonchev–Trinajstić information content (AvgIpc) is 3.27. The van der Waals surface area contributed by atoms with E-state index in [1.54, 1.807) is 0 Å². The third kappa shape index (κ3) is 3.13. The highest BCUT2D eigenvalue weighted by Crippen LogP contribution is 2.34. The van der Waals surface area contributed by atoms with Crippen molar-refractivity contribution in [2.24, 2.45) is 7.05 Å². The van der Waals surface area contributed by atoms with Crippen molar-refractivity contribution in [3.8, 4) is 0 Å². The molecule has 1 aliphatic carbocycles. The van der Waals surface area contributed by atoms with Crippen LogP contribution in [0.1, 0.15) is 18.5 Å². The van der Waals surface area contributed by atoms with Gasteiger partial charge in [0.25, 0.3) is 5.69 Å². The smallest absolute Gasteiger partial charge is 0.270 e. The van der Waals surface area contributed by atoms with Gasteiger partial charge in [-0.3, -0.25) is 10.1 Å². The molecular formula is C15H17N3O4S. The maximum absolute atomic E-state index is 12.9. The second kappa shape index (κ2) is 5.78. The van der Waals surface area contributed by atoms with Crippen LogP contribution in [-0.2, 0) is 23.6 Å². The topological polar surface area (TPSA) is 85.5 Å². The summed E-state index contributed by atoms with van der Waals surface area (Å²) in [7, 11) is -1.91. The summed E-state index contributed by atoms with van der Waals surface area (Å²) < 4.78 is 29.2. The number of nitro benzene ring substituents is 1. The zero-order valence-corrected chi connectivity index (χ0v) is 13.4. The van der Waals surface area contributed by atoms with Gasteiger partial charge in [-0.2, -0.15) is 4.31 Å². The predicted molar refractivity (Wildman–Crippen MR) is 84.3 cm³/mol. The Morgan fingerprint density at radius 1 is 1.30 bits per heavy atom. The first kappa shape index (κ1) is 15.7. The standard InChI is InChI=1S/C15H17N3O4S/c1-16-9-3-5-14(16)11-17(12-7-8-12)23(21,22)15-6-2-4-13(10-15)18(19)20/h2-6,9-10,12H,7-8,11H2,1H3. The van der Waals surface area contributed by atoms with Crippen molar-refractivity contribution in [1.29, 1.82) is 0 Å². The molecule has 0 saturated heterocycles. The Hall–Kier alpha value is -2.19. The second-order valence-corrected chi connectivity index (χ2v) is 7.54. The molecule has 23 heavy (non-hydrogen) atoms. The zero-order chi connectivity index (χ0) is 16.6. The molecule has 0 N–H and O–H groups in total. The molecule has 1 aliphatic rings. The fourth-order valence-corrected chi connectivity index (χ4v) is 4.18. The van der Waals surface area contributed by atoms with Crippen molar-refractivity contribution in [3.05, 3.63) is 58.4 Å². The highest BCUT2D eigenvalue weighted by molar-refractivity contribution is 7.89. The number of rotatable bonds is 6. The number of hydrogen-bond donors (Lipinski definition) is 0. The molecule has 1 aromatic carbocycles. The Kier molecular flexibility index (Phi) is 3.95. The van der Waals surface area contributed by atoms with Gasteiger partial charge in [0, 0.05) is 37.1 Å². The highest BCUT2D eigenvalue weighted by Gasteiger charge is 2.38. The maximum Gasteiger partial charge on any atom is 0.270 e. The highest BCUT2D eigenvalue weighted by atomic mass is 32.2. The lowest BCUT2D eigenvalue weighted by Crippen LogP contribution is -2.33. The van der Waals surface area contributed by atoms with Crippen LogP contribution in [-0.4, -0.2) is 28.3 Å². The summed E-state index contributed by atoms with van der Waals surface area (Å²) in [6.07, 6.45) is 3.50. The fourth-order valence-electron chi connectivity index (χ4n) is 2.49. The molecule has 0 aliphatic heterocycles. The van der Waals surface area contributed by atoms with Crippen molar-refractivity contribution >= 4 is 15.7 Å². The third-order valence-corrected chi connectivity index (χ3v) is 5.85. The van der Waals surface area contributed by atoms with Crippen LogP contribution in [0.3, 0.4) is 0 Å². The number of benzene rings is 1. The number of hydrogen-bond acceptors (Lipinski definition) is 4. The number of aromatic nitrogens is 1. The second-order valence-electron chi connectivity index (χ2n) is 5.65. The molecule has 8 heteroatoms. The Bertz CT molecular complexity index is 840. The van der Waals surface area contributed by atoms with Crippen molar-refractivity contribution in [2.75, 3.05) is 0 Å². The summed E-state index contributed by atoms with van der Waals surface area (Å²) in [6.45, 7) is 0.263. The van der Waals surface area contributed by atoms with Gasteiger partial charge >= 0.3 is 0 Å². The molecule has 0 radical (unpaired) electrons. The Labute approximate surface area is 134 Å². The summed E-state index contributed by atoms with van der Waals surface area (Å²) in [5, 5.41) is 10.9. The quantitative estimate of drug-likeness (QED) is 0.599. The third-order valence-electron chi connectivity index (χ3n) is 3.96. The molecule has 0 amide bonds. The minimum atomic E-state index is -3.77. The van der Waals surface area contributed by atoms with Gasteiger partial charge in [-0.25, -0.2) is 8.42 Å². The van der Waals surface area contributed by atoms with Crippen LogP contribution < -0.4 is 0 Å². The van der Waals surface area contributed by atoms with Crippen LogP contribution >= 0.6 is 0 Å². The average molecular weight is 335 g/mol. The van der Waals surface area contributed by atoms with Gasteiger partial charge in [-0.1, -0.05) is 6.07 Å². The van der Waals surface area contributed by atoms with E-state index in [1.165, 1.54) is 22.5 Å². The first-order valence-corrected chi connectivity index (χ1v) is 8.70. The molecule has 0 unspecified atom stereocenters. The van der Waals surface area contributed by atoms with E-state index in [9.17, 15) is 18.5 Å². The minimum Gasteiger partial charge on any atom is -0.353 e. The Morgan fingerprint density at radius 3 is 2.61 bits per heavy atom. The summed E-state index contributed by atoms with van der Waals surface area (Å²) in [6, 6.07) is 8.92. The lowest BCUT2D eigenvalue weighted by molar-refractivity contribution is -0.385. The van der Waals surface area contributed by atoms with Crippen LogP contribution in [0.15, 0.2) is 47.5 Å².